The van der Waals surface area contributed by atoms with E-state index in [0.29, 0.717) is 33.1 Å². The number of unbranched alkanes of at least 4 members (excludes halogenated alkanes) is 1. The summed E-state index contributed by atoms with van der Waals surface area (Å²) in [5, 5.41) is 10.2. The topological polar surface area (TPSA) is 56.5 Å². The number of thioether (sulfide) groups is 1. The highest BCUT2D eigenvalue weighted by Crippen LogP contribution is 2.31. The van der Waals surface area contributed by atoms with E-state index in [1.165, 1.54) is 11.8 Å². The van der Waals surface area contributed by atoms with Gasteiger partial charge >= 0.3 is 0 Å². The van der Waals surface area contributed by atoms with Crippen LogP contribution in [0.25, 0.3) is 6.08 Å². The largest absolute Gasteiger partial charge is 0.283 e. The molecule has 2 aromatic rings. The highest BCUT2D eigenvalue weighted by atomic mass is 35.5. The number of carbonyl (C=O) groups is 1. The van der Waals surface area contributed by atoms with E-state index in [0.717, 1.165) is 23.2 Å². The smallest absolute Gasteiger partial charge is 0.266 e. The Bertz CT molecular complexity index is 994. The Hall–Kier alpha value is -2.26. The van der Waals surface area contributed by atoms with Crippen molar-refractivity contribution in [3.05, 3.63) is 69.3 Å². The Morgan fingerprint density at radius 2 is 1.93 bits per heavy atom. The molecule has 4 nitrogen and oxygen atoms in total. The lowest BCUT2D eigenvalue weighted by Crippen LogP contribution is -2.30. The molecule has 1 amide bonds. The molecule has 0 spiro atoms. The maximum Gasteiger partial charge on any atom is 0.283 e. The van der Waals surface area contributed by atoms with Crippen LogP contribution in [-0.4, -0.2) is 16.8 Å². The Balaban J connectivity index is 1.92. The summed E-state index contributed by atoms with van der Waals surface area (Å²) >= 11 is 13.5. The number of nitriles is 1. The number of nitrogens with zero attached hydrogens (tertiary/aromatic N) is 3. The SMILES string of the molecule is Cc1ccc(N2C(=O)/C(=C\c3ccc(Cl)c(Cl)c3)N=C2SCCCC#N)cc1. The van der Waals surface area contributed by atoms with Gasteiger partial charge in [0.1, 0.15) is 5.70 Å². The second-order valence-corrected chi connectivity index (χ2v) is 8.06. The third-order valence-corrected chi connectivity index (χ3v) is 5.80. The van der Waals surface area contributed by atoms with E-state index < -0.39 is 0 Å². The Kier molecular flexibility index (Phi) is 6.79. The van der Waals surface area contributed by atoms with Crippen molar-refractivity contribution in [1.82, 2.24) is 0 Å². The molecule has 0 saturated carbocycles. The van der Waals surface area contributed by atoms with Gasteiger partial charge in [-0.1, -0.05) is 58.7 Å². The third kappa shape index (κ3) is 4.77. The lowest BCUT2D eigenvalue weighted by Gasteiger charge is -2.17. The van der Waals surface area contributed by atoms with Gasteiger partial charge in [-0.25, -0.2) is 4.99 Å². The maximum absolute atomic E-state index is 13.1. The number of aliphatic imine (C=N–C) groups is 1. The number of halogens is 2. The molecule has 7 heteroatoms. The van der Waals surface area contributed by atoms with Gasteiger partial charge in [0, 0.05) is 12.2 Å². The highest BCUT2D eigenvalue weighted by molar-refractivity contribution is 8.14. The lowest BCUT2D eigenvalue weighted by molar-refractivity contribution is -0.113. The zero-order chi connectivity index (χ0) is 20.1. The molecule has 0 radical (unpaired) electrons. The predicted molar refractivity (Wildman–Crippen MR) is 118 cm³/mol. The zero-order valence-corrected chi connectivity index (χ0v) is 17.5. The van der Waals surface area contributed by atoms with Crippen molar-refractivity contribution in [2.45, 2.75) is 19.8 Å². The summed E-state index contributed by atoms with van der Waals surface area (Å²) in [5.74, 6) is 0.514. The van der Waals surface area contributed by atoms with Crippen molar-refractivity contribution >= 4 is 57.8 Å². The molecule has 0 saturated heterocycles. The predicted octanol–water partition coefficient (Wildman–Crippen LogP) is 6.08. The molecule has 0 fully saturated rings. The van der Waals surface area contributed by atoms with Crippen LogP contribution < -0.4 is 4.90 Å². The fraction of sp³-hybridized carbons (Fsp3) is 0.190. The van der Waals surface area contributed by atoms with E-state index in [-0.39, 0.29) is 5.91 Å². The van der Waals surface area contributed by atoms with Gasteiger partial charge in [0.2, 0.25) is 0 Å². The molecule has 0 N–H and O–H groups in total. The molecule has 28 heavy (non-hydrogen) atoms. The van der Waals surface area contributed by atoms with Crippen molar-refractivity contribution in [2.75, 3.05) is 10.7 Å². The molecular formula is C21H17Cl2N3OS. The van der Waals surface area contributed by atoms with Gasteiger partial charge in [-0.05, 0) is 49.2 Å². The van der Waals surface area contributed by atoms with Crippen LogP contribution in [-0.2, 0) is 4.79 Å². The van der Waals surface area contributed by atoms with Crippen molar-refractivity contribution in [2.24, 2.45) is 4.99 Å². The zero-order valence-electron chi connectivity index (χ0n) is 15.2. The van der Waals surface area contributed by atoms with Crippen LogP contribution in [0.15, 0.2) is 53.2 Å². The molecule has 1 aliphatic heterocycles. The van der Waals surface area contributed by atoms with E-state index in [1.54, 1.807) is 29.2 Å². The van der Waals surface area contributed by atoms with E-state index in [4.69, 9.17) is 28.5 Å². The number of carbonyl (C=O) groups excluding carboxylic acids is 1. The normalized spacial score (nSPS) is 15.1. The minimum atomic E-state index is -0.197. The van der Waals surface area contributed by atoms with Crippen LogP contribution in [0, 0.1) is 18.3 Å². The fourth-order valence-corrected chi connectivity index (χ4v) is 3.85. The second-order valence-electron chi connectivity index (χ2n) is 6.18. The standard InChI is InChI=1S/C21H17Cl2N3OS/c1-14-4-7-16(8-5-14)26-20(27)19(25-21(26)28-11-3-2-10-24)13-15-6-9-17(22)18(23)12-15/h4-9,12-13H,2-3,11H2,1H3/b19-13+. The van der Waals surface area contributed by atoms with E-state index in [1.807, 2.05) is 31.2 Å². The van der Waals surface area contributed by atoms with E-state index in [9.17, 15) is 4.79 Å². The van der Waals surface area contributed by atoms with E-state index >= 15 is 0 Å². The number of benzene rings is 2. The summed E-state index contributed by atoms with van der Waals surface area (Å²) in [7, 11) is 0. The first-order valence-electron chi connectivity index (χ1n) is 8.66. The molecule has 2 aromatic carbocycles. The van der Waals surface area contributed by atoms with Gasteiger partial charge in [0.25, 0.3) is 5.91 Å². The van der Waals surface area contributed by atoms with Crippen LogP contribution in [0.5, 0.6) is 0 Å². The van der Waals surface area contributed by atoms with Crippen LogP contribution in [0.3, 0.4) is 0 Å². The first-order valence-corrected chi connectivity index (χ1v) is 10.4. The van der Waals surface area contributed by atoms with Gasteiger partial charge in [-0.15, -0.1) is 0 Å². The Labute approximate surface area is 178 Å². The van der Waals surface area contributed by atoms with Gasteiger partial charge in [-0.2, -0.15) is 5.26 Å². The molecule has 3 rings (SSSR count). The molecule has 1 aliphatic rings. The van der Waals surface area contributed by atoms with Crippen molar-refractivity contribution in [3.8, 4) is 6.07 Å². The monoisotopic (exact) mass is 429 g/mol. The molecule has 0 bridgehead atoms. The number of aryl methyl sites for hydroxylation is 1. The highest BCUT2D eigenvalue weighted by Gasteiger charge is 2.31. The molecule has 0 unspecified atom stereocenters. The lowest BCUT2D eigenvalue weighted by atomic mass is 10.2. The molecule has 1 heterocycles. The van der Waals surface area contributed by atoms with Crippen LogP contribution in [0.4, 0.5) is 5.69 Å². The minimum absolute atomic E-state index is 0.197. The number of rotatable bonds is 5. The molecular weight excluding hydrogens is 413 g/mol. The number of hydrogen-bond acceptors (Lipinski definition) is 4. The summed E-state index contributed by atoms with van der Waals surface area (Å²) in [5.41, 5.74) is 2.96. The van der Waals surface area contributed by atoms with Crippen molar-refractivity contribution < 1.29 is 4.79 Å². The fourth-order valence-electron chi connectivity index (χ4n) is 2.59. The van der Waals surface area contributed by atoms with Crippen LogP contribution >= 0.6 is 35.0 Å². The molecule has 0 aliphatic carbocycles. The van der Waals surface area contributed by atoms with Gasteiger partial charge in [0.15, 0.2) is 5.17 Å². The summed E-state index contributed by atoms with van der Waals surface area (Å²) in [6.07, 6.45) is 2.92. The Morgan fingerprint density at radius 3 is 2.61 bits per heavy atom. The Morgan fingerprint density at radius 1 is 1.18 bits per heavy atom. The number of amides is 1. The van der Waals surface area contributed by atoms with Gasteiger partial charge in [0.05, 0.1) is 21.8 Å². The molecule has 0 aromatic heterocycles. The average Bonchev–Trinajstić information content (AvgIpc) is 2.98. The van der Waals surface area contributed by atoms with Gasteiger partial charge in [-0.3, -0.25) is 9.69 Å². The minimum Gasteiger partial charge on any atom is -0.266 e. The summed E-state index contributed by atoms with van der Waals surface area (Å²) < 4.78 is 0. The first kappa shape index (κ1) is 20.5. The van der Waals surface area contributed by atoms with Crippen LogP contribution in [0.2, 0.25) is 10.0 Å². The van der Waals surface area contributed by atoms with Crippen molar-refractivity contribution in [1.29, 1.82) is 5.26 Å². The van der Waals surface area contributed by atoms with Crippen molar-refractivity contribution in [3.63, 3.8) is 0 Å². The maximum atomic E-state index is 13.1. The van der Waals surface area contributed by atoms with Crippen LogP contribution in [0.1, 0.15) is 24.0 Å². The van der Waals surface area contributed by atoms with Gasteiger partial charge < -0.3 is 0 Å². The number of amidine groups is 1. The molecule has 0 atom stereocenters. The quantitative estimate of drug-likeness (QED) is 0.427. The van der Waals surface area contributed by atoms with E-state index in [2.05, 4.69) is 11.1 Å². The second kappa shape index (κ2) is 9.29. The first-order chi connectivity index (χ1) is 13.5. The summed E-state index contributed by atoms with van der Waals surface area (Å²) in [4.78, 5) is 19.2. The number of hydrogen-bond donors (Lipinski definition) is 0. The average molecular weight is 430 g/mol. The summed E-state index contributed by atoms with van der Waals surface area (Å²) in [6.45, 7) is 2.00. The molecule has 142 valence electrons. The third-order valence-electron chi connectivity index (χ3n) is 4.03. The number of anilines is 1. The summed E-state index contributed by atoms with van der Waals surface area (Å²) in [6, 6.07) is 15.0.